The Balaban J connectivity index is 2.43. The Bertz CT molecular complexity index is 463. The van der Waals surface area contributed by atoms with E-state index in [9.17, 15) is 13.9 Å². The number of hydrogen-bond acceptors (Lipinski definition) is 1. The third-order valence-corrected chi connectivity index (χ3v) is 3.10. The van der Waals surface area contributed by atoms with Gasteiger partial charge in [0.05, 0.1) is 6.10 Å². The van der Waals surface area contributed by atoms with Crippen molar-refractivity contribution >= 4 is 5.57 Å². The van der Waals surface area contributed by atoms with E-state index in [1.165, 1.54) is 6.07 Å². The monoisotopic (exact) mass is 238 g/mol. The van der Waals surface area contributed by atoms with Crippen molar-refractivity contribution in [2.45, 2.75) is 32.8 Å². The van der Waals surface area contributed by atoms with Crippen LogP contribution in [0.4, 0.5) is 8.78 Å². The van der Waals surface area contributed by atoms with Crippen LogP contribution in [0, 0.1) is 17.0 Å². The molecule has 0 amide bonds. The Kier molecular flexibility index (Phi) is 3.04. The summed E-state index contributed by atoms with van der Waals surface area (Å²) in [6.07, 6.45) is 2.33. The van der Waals surface area contributed by atoms with Crippen molar-refractivity contribution in [1.29, 1.82) is 0 Å². The second-order valence-electron chi connectivity index (χ2n) is 5.43. The van der Waals surface area contributed by atoms with Crippen molar-refractivity contribution in [3.63, 3.8) is 0 Å². The number of aliphatic hydroxyl groups excluding tert-OH is 1. The van der Waals surface area contributed by atoms with Crippen LogP contribution >= 0.6 is 0 Å². The highest BCUT2D eigenvalue weighted by Crippen LogP contribution is 2.40. The third-order valence-electron chi connectivity index (χ3n) is 3.10. The van der Waals surface area contributed by atoms with Crippen LogP contribution in [0.15, 0.2) is 24.3 Å². The lowest BCUT2D eigenvalue weighted by molar-refractivity contribution is 0.146. The fourth-order valence-corrected chi connectivity index (χ4v) is 2.43. The summed E-state index contributed by atoms with van der Waals surface area (Å²) in [5, 5.41) is 9.74. The predicted molar refractivity (Wildman–Crippen MR) is 63.4 cm³/mol. The molecule has 0 aliphatic heterocycles. The number of hydrogen-bond donors (Lipinski definition) is 1. The van der Waals surface area contributed by atoms with Gasteiger partial charge in [-0.1, -0.05) is 19.9 Å². The Morgan fingerprint density at radius 2 is 2.00 bits per heavy atom. The highest BCUT2D eigenvalue weighted by molar-refractivity contribution is 5.68. The van der Waals surface area contributed by atoms with Crippen LogP contribution in [0.3, 0.4) is 0 Å². The second-order valence-corrected chi connectivity index (χ2v) is 5.43. The van der Waals surface area contributed by atoms with Crippen molar-refractivity contribution < 1.29 is 13.9 Å². The van der Waals surface area contributed by atoms with Gasteiger partial charge < -0.3 is 5.11 Å². The topological polar surface area (TPSA) is 20.2 Å². The molecule has 3 heteroatoms. The van der Waals surface area contributed by atoms with Crippen LogP contribution in [0.1, 0.15) is 32.3 Å². The van der Waals surface area contributed by atoms with Crippen LogP contribution in [0.2, 0.25) is 0 Å². The summed E-state index contributed by atoms with van der Waals surface area (Å²) < 4.78 is 26.8. The van der Waals surface area contributed by atoms with E-state index < -0.39 is 17.7 Å². The predicted octanol–water partition coefficient (Wildman–Crippen LogP) is 3.53. The van der Waals surface area contributed by atoms with Gasteiger partial charge in [-0.05, 0) is 42.0 Å². The van der Waals surface area contributed by atoms with Crippen LogP contribution in [-0.2, 0) is 0 Å². The van der Waals surface area contributed by atoms with Gasteiger partial charge in [0, 0.05) is 5.56 Å². The van der Waals surface area contributed by atoms with Gasteiger partial charge in [0.15, 0.2) is 0 Å². The summed E-state index contributed by atoms with van der Waals surface area (Å²) in [6, 6.07) is 3.42. The molecule has 0 saturated heterocycles. The van der Waals surface area contributed by atoms with E-state index in [4.69, 9.17) is 0 Å². The molecule has 1 N–H and O–H groups in total. The Morgan fingerprint density at radius 3 is 2.65 bits per heavy atom. The lowest BCUT2D eigenvalue weighted by atomic mass is 9.74. The first kappa shape index (κ1) is 12.2. The molecule has 1 unspecified atom stereocenters. The molecule has 0 fully saturated rings. The van der Waals surface area contributed by atoms with Crippen molar-refractivity contribution in [1.82, 2.24) is 0 Å². The summed E-state index contributed by atoms with van der Waals surface area (Å²) in [6.45, 7) is 4.03. The smallest absolute Gasteiger partial charge is 0.130 e. The van der Waals surface area contributed by atoms with Crippen LogP contribution in [0.5, 0.6) is 0 Å². The van der Waals surface area contributed by atoms with Crippen molar-refractivity contribution in [3.05, 3.63) is 41.5 Å². The summed E-state index contributed by atoms with van der Waals surface area (Å²) in [5.41, 5.74) is 0.852. The molecule has 1 aliphatic carbocycles. The first-order chi connectivity index (χ1) is 7.87. The normalized spacial score (nSPS) is 23.4. The molecular formula is C14H16F2O. The standard InChI is InChI=1S/C14H16F2O/c1-14(2)7-9(5-11(17)8-14)12-6-10(15)3-4-13(12)16/h3-6,11,17H,7-8H2,1-2H3. The maximum absolute atomic E-state index is 13.6. The number of benzene rings is 1. The van der Waals surface area contributed by atoms with Crippen LogP contribution in [0.25, 0.3) is 5.57 Å². The summed E-state index contributed by atoms with van der Waals surface area (Å²) >= 11 is 0. The van der Waals surface area contributed by atoms with Gasteiger partial charge in [-0.15, -0.1) is 0 Å². The molecule has 0 spiro atoms. The first-order valence-corrected chi connectivity index (χ1v) is 5.72. The molecule has 92 valence electrons. The summed E-state index contributed by atoms with van der Waals surface area (Å²) in [7, 11) is 0. The summed E-state index contributed by atoms with van der Waals surface area (Å²) in [4.78, 5) is 0. The maximum Gasteiger partial charge on any atom is 0.130 e. The lowest BCUT2D eigenvalue weighted by Crippen LogP contribution is -2.24. The molecule has 0 radical (unpaired) electrons. The lowest BCUT2D eigenvalue weighted by Gasteiger charge is -2.32. The minimum Gasteiger partial charge on any atom is -0.389 e. The Hall–Kier alpha value is -1.22. The van der Waals surface area contributed by atoms with Gasteiger partial charge in [-0.2, -0.15) is 0 Å². The second kappa shape index (κ2) is 4.22. The molecule has 1 atom stereocenters. The zero-order valence-corrected chi connectivity index (χ0v) is 10.0. The molecule has 2 rings (SSSR count). The van der Waals surface area contributed by atoms with Gasteiger partial charge in [0.2, 0.25) is 0 Å². The molecule has 0 aromatic heterocycles. The number of rotatable bonds is 1. The quantitative estimate of drug-likeness (QED) is 0.793. The zero-order chi connectivity index (χ0) is 12.6. The first-order valence-electron chi connectivity index (χ1n) is 5.72. The molecular weight excluding hydrogens is 222 g/mol. The molecule has 0 heterocycles. The van der Waals surface area contributed by atoms with Gasteiger partial charge in [-0.3, -0.25) is 0 Å². The minimum absolute atomic E-state index is 0.0950. The van der Waals surface area contributed by atoms with Gasteiger partial charge >= 0.3 is 0 Å². The van der Waals surface area contributed by atoms with Crippen molar-refractivity contribution in [2.24, 2.45) is 5.41 Å². The number of halogens is 2. The summed E-state index contributed by atoms with van der Waals surface area (Å²) in [5.74, 6) is -0.900. The molecule has 1 aliphatic rings. The average molecular weight is 238 g/mol. The van der Waals surface area contributed by atoms with Crippen molar-refractivity contribution in [2.75, 3.05) is 0 Å². The third kappa shape index (κ3) is 2.72. The molecule has 17 heavy (non-hydrogen) atoms. The van der Waals surface area contributed by atoms with Crippen LogP contribution < -0.4 is 0 Å². The van der Waals surface area contributed by atoms with E-state index in [2.05, 4.69) is 0 Å². The Morgan fingerprint density at radius 1 is 1.29 bits per heavy atom. The SMILES string of the molecule is CC1(C)CC(c2cc(F)ccc2F)=CC(O)C1. The molecule has 1 aromatic rings. The number of aliphatic hydroxyl groups is 1. The molecule has 0 bridgehead atoms. The number of allylic oxidation sites excluding steroid dienone is 1. The fraction of sp³-hybridized carbons (Fsp3) is 0.429. The molecule has 0 saturated carbocycles. The van der Waals surface area contributed by atoms with Gasteiger partial charge in [0.25, 0.3) is 0 Å². The highest BCUT2D eigenvalue weighted by atomic mass is 19.1. The fourth-order valence-electron chi connectivity index (χ4n) is 2.43. The molecule has 1 aromatic carbocycles. The largest absolute Gasteiger partial charge is 0.389 e. The van der Waals surface area contributed by atoms with E-state index in [-0.39, 0.29) is 11.0 Å². The van der Waals surface area contributed by atoms with E-state index in [1.54, 1.807) is 6.08 Å². The van der Waals surface area contributed by atoms with Gasteiger partial charge in [-0.25, -0.2) is 8.78 Å². The Labute approximate surface area is 99.8 Å². The minimum atomic E-state index is -0.587. The van der Waals surface area contributed by atoms with Gasteiger partial charge in [0.1, 0.15) is 11.6 Å². The molecule has 1 nitrogen and oxygen atoms in total. The van der Waals surface area contributed by atoms with Crippen molar-refractivity contribution in [3.8, 4) is 0 Å². The van der Waals surface area contributed by atoms with E-state index in [0.717, 1.165) is 12.1 Å². The maximum atomic E-state index is 13.6. The van der Waals surface area contributed by atoms with E-state index >= 15 is 0 Å². The van der Waals surface area contributed by atoms with E-state index in [0.29, 0.717) is 18.4 Å². The average Bonchev–Trinajstić information content (AvgIpc) is 2.18. The highest BCUT2D eigenvalue weighted by Gasteiger charge is 2.29. The zero-order valence-electron chi connectivity index (χ0n) is 10.0. The van der Waals surface area contributed by atoms with Crippen LogP contribution in [-0.4, -0.2) is 11.2 Å². The van der Waals surface area contributed by atoms with E-state index in [1.807, 2.05) is 13.8 Å².